The maximum Gasteiger partial charge on any atom is 0.289 e. The van der Waals surface area contributed by atoms with Crippen LogP contribution in [0.3, 0.4) is 0 Å². The Labute approximate surface area is 181 Å². The van der Waals surface area contributed by atoms with Crippen LogP contribution in [0.5, 0.6) is 5.75 Å². The molecule has 0 aliphatic carbocycles. The highest BCUT2D eigenvalue weighted by Crippen LogP contribution is 2.23. The molecule has 1 aromatic carbocycles. The number of aryl methyl sites for hydroxylation is 1. The Hall–Kier alpha value is -3.61. The lowest BCUT2D eigenvalue weighted by Gasteiger charge is -2.30. The lowest BCUT2D eigenvalue weighted by Crippen LogP contribution is -2.41. The van der Waals surface area contributed by atoms with Crippen molar-refractivity contribution in [2.24, 2.45) is 5.92 Å². The normalized spacial score (nSPS) is 14.3. The van der Waals surface area contributed by atoms with Crippen molar-refractivity contribution < 1.29 is 18.7 Å². The van der Waals surface area contributed by atoms with Crippen molar-refractivity contribution in [1.29, 1.82) is 0 Å². The zero-order valence-corrected chi connectivity index (χ0v) is 17.4. The Morgan fingerprint density at radius 3 is 2.61 bits per heavy atom. The van der Waals surface area contributed by atoms with Gasteiger partial charge >= 0.3 is 0 Å². The maximum atomic E-state index is 13.0. The van der Waals surface area contributed by atoms with E-state index in [1.165, 1.54) is 6.26 Å². The average Bonchev–Trinajstić information content (AvgIpc) is 3.28. The predicted octanol–water partition coefficient (Wildman–Crippen LogP) is 4.05. The third-order valence-corrected chi connectivity index (χ3v) is 5.39. The van der Waals surface area contributed by atoms with Crippen LogP contribution >= 0.6 is 0 Å². The number of nitrogens with one attached hydrogen (secondary N) is 1. The van der Waals surface area contributed by atoms with Crippen molar-refractivity contribution in [1.82, 2.24) is 9.88 Å². The van der Waals surface area contributed by atoms with E-state index >= 15 is 0 Å². The number of anilines is 1. The molecule has 0 radical (unpaired) electrons. The fourth-order valence-electron chi connectivity index (χ4n) is 3.57. The molecular weight excluding hydrogens is 394 g/mol. The van der Waals surface area contributed by atoms with Crippen molar-refractivity contribution in [3.63, 3.8) is 0 Å². The molecule has 2 amide bonds. The summed E-state index contributed by atoms with van der Waals surface area (Å²) in [5.41, 5.74) is 1.75. The lowest BCUT2D eigenvalue weighted by atomic mass is 9.95. The number of amides is 2. The van der Waals surface area contributed by atoms with Crippen LogP contribution in [-0.2, 0) is 11.4 Å². The summed E-state index contributed by atoms with van der Waals surface area (Å²) in [6.07, 6.45) is 4.42. The molecule has 0 saturated carbocycles. The first kappa shape index (κ1) is 20.7. The summed E-state index contributed by atoms with van der Waals surface area (Å²) in [4.78, 5) is 31.5. The molecule has 3 aromatic rings. The number of furan rings is 1. The van der Waals surface area contributed by atoms with Crippen molar-refractivity contribution in [3.8, 4) is 5.75 Å². The third-order valence-electron chi connectivity index (χ3n) is 5.39. The first-order valence-corrected chi connectivity index (χ1v) is 10.4. The smallest absolute Gasteiger partial charge is 0.289 e. The lowest BCUT2D eigenvalue weighted by molar-refractivity contribution is -0.121. The number of rotatable bonds is 6. The van der Waals surface area contributed by atoms with Crippen LogP contribution in [0.1, 0.15) is 34.5 Å². The number of piperidine rings is 1. The SMILES string of the molecule is Cc1ccc(NC(=O)C2CCN(C(=O)c3occc3COc3ccccc3)CC2)nc1. The van der Waals surface area contributed by atoms with E-state index in [0.29, 0.717) is 43.1 Å². The Morgan fingerprint density at radius 1 is 1.13 bits per heavy atom. The van der Waals surface area contributed by atoms with Gasteiger partial charge in [-0.25, -0.2) is 4.98 Å². The Kier molecular flexibility index (Phi) is 6.31. The number of ether oxygens (including phenoxy) is 1. The molecule has 7 nitrogen and oxygen atoms in total. The van der Waals surface area contributed by atoms with Crippen LogP contribution in [-0.4, -0.2) is 34.8 Å². The number of likely N-dealkylation sites (tertiary alicyclic amines) is 1. The summed E-state index contributed by atoms with van der Waals surface area (Å²) in [6, 6.07) is 14.9. The molecule has 7 heteroatoms. The van der Waals surface area contributed by atoms with Gasteiger partial charge in [0, 0.05) is 30.8 Å². The van der Waals surface area contributed by atoms with Gasteiger partial charge in [-0.3, -0.25) is 9.59 Å². The number of hydrogen-bond donors (Lipinski definition) is 1. The fourth-order valence-corrected chi connectivity index (χ4v) is 3.57. The Bertz CT molecular complexity index is 1020. The molecule has 1 aliphatic heterocycles. The third kappa shape index (κ3) is 5.12. The second-order valence-corrected chi connectivity index (χ2v) is 7.65. The van der Waals surface area contributed by atoms with Crippen molar-refractivity contribution in [2.75, 3.05) is 18.4 Å². The molecule has 0 atom stereocenters. The van der Waals surface area contributed by atoms with E-state index < -0.39 is 0 Å². The molecule has 0 bridgehead atoms. The molecule has 0 spiro atoms. The first-order valence-electron chi connectivity index (χ1n) is 10.4. The molecular formula is C24H25N3O4. The van der Waals surface area contributed by atoms with Crippen molar-refractivity contribution >= 4 is 17.6 Å². The second-order valence-electron chi connectivity index (χ2n) is 7.65. The van der Waals surface area contributed by atoms with Crippen LogP contribution in [0.15, 0.2) is 65.4 Å². The zero-order valence-electron chi connectivity index (χ0n) is 17.4. The summed E-state index contributed by atoms with van der Waals surface area (Å²) in [7, 11) is 0. The van der Waals surface area contributed by atoms with Gasteiger partial charge in [0.1, 0.15) is 18.2 Å². The van der Waals surface area contributed by atoms with Crippen LogP contribution in [0.2, 0.25) is 0 Å². The van der Waals surface area contributed by atoms with E-state index in [2.05, 4.69) is 10.3 Å². The number of carbonyl (C=O) groups is 2. The summed E-state index contributed by atoms with van der Waals surface area (Å²) >= 11 is 0. The van der Waals surface area contributed by atoms with Crippen molar-refractivity contribution in [2.45, 2.75) is 26.4 Å². The summed E-state index contributed by atoms with van der Waals surface area (Å²) in [5.74, 6) is 1.20. The number of carbonyl (C=O) groups excluding carboxylic acids is 2. The van der Waals surface area contributed by atoms with Crippen LogP contribution in [0, 0.1) is 12.8 Å². The van der Waals surface area contributed by atoms with Gasteiger partial charge in [0.15, 0.2) is 5.76 Å². The molecule has 2 aromatic heterocycles. The average molecular weight is 419 g/mol. The maximum absolute atomic E-state index is 13.0. The molecule has 31 heavy (non-hydrogen) atoms. The van der Waals surface area contributed by atoms with E-state index in [4.69, 9.17) is 9.15 Å². The molecule has 0 unspecified atom stereocenters. The second kappa shape index (κ2) is 9.47. The van der Waals surface area contributed by atoms with Gasteiger partial charge in [0.05, 0.1) is 6.26 Å². The largest absolute Gasteiger partial charge is 0.489 e. The van der Waals surface area contributed by atoms with Gasteiger partial charge in [-0.1, -0.05) is 24.3 Å². The first-order chi connectivity index (χ1) is 15.1. The monoisotopic (exact) mass is 419 g/mol. The summed E-state index contributed by atoms with van der Waals surface area (Å²) in [5, 5.41) is 2.86. The molecule has 4 rings (SSSR count). The van der Waals surface area contributed by atoms with E-state index in [-0.39, 0.29) is 24.3 Å². The Morgan fingerprint density at radius 2 is 1.90 bits per heavy atom. The van der Waals surface area contributed by atoms with Crippen LogP contribution in [0.4, 0.5) is 5.82 Å². The van der Waals surface area contributed by atoms with Gasteiger partial charge in [-0.15, -0.1) is 0 Å². The summed E-state index contributed by atoms with van der Waals surface area (Å²) < 4.78 is 11.2. The zero-order chi connectivity index (χ0) is 21.6. The van der Waals surface area contributed by atoms with Gasteiger partial charge in [-0.2, -0.15) is 0 Å². The van der Waals surface area contributed by atoms with E-state index in [9.17, 15) is 9.59 Å². The topological polar surface area (TPSA) is 84.7 Å². The minimum Gasteiger partial charge on any atom is -0.489 e. The van der Waals surface area contributed by atoms with Gasteiger partial charge < -0.3 is 19.4 Å². The molecule has 1 aliphatic rings. The van der Waals surface area contributed by atoms with Crippen LogP contribution < -0.4 is 10.1 Å². The molecule has 1 N–H and O–H groups in total. The number of hydrogen-bond acceptors (Lipinski definition) is 5. The highest BCUT2D eigenvalue weighted by molar-refractivity contribution is 5.94. The molecule has 1 fully saturated rings. The van der Waals surface area contributed by atoms with Crippen molar-refractivity contribution in [3.05, 3.63) is 77.9 Å². The highest BCUT2D eigenvalue weighted by Gasteiger charge is 2.30. The van der Waals surface area contributed by atoms with Gasteiger partial charge in [0.25, 0.3) is 5.91 Å². The highest BCUT2D eigenvalue weighted by atomic mass is 16.5. The standard InChI is InChI=1S/C24H25N3O4/c1-17-7-8-21(25-15-17)26-23(28)18-9-12-27(13-10-18)24(29)22-19(11-14-30-22)16-31-20-5-3-2-4-6-20/h2-8,11,14-15,18H,9-10,12-13,16H2,1H3,(H,25,26,28). The van der Waals surface area contributed by atoms with Gasteiger partial charge in [-0.05, 0) is 49.6 Å². The van der Waals surface area contributed by atoms with E-state index in [1.807, 2.05) is 43.3 Å². The van der Waals surface area contributed by atoms with E-state index in [0.717, 1.165) is 11.3 Å². The number of nitrogens with zero attached hydrogens (tertiary/aromatic N) is 2. The minimum absolute atomic E-state index is 0.0570. The number of pyridine rings is 1. The number of para-hydroxylation sites is 1. The number of benzene rings is 1. The number of aromatic nitrogens is 1. The van der Waals surface area contributed by atoms with Crippen LogP contribution in [0.25, 0.3) is 0 Å². The summed E-state index contributed by atoms with van der Waals surface area (Å²) in [6.45, 7) is 3.20. The molecule has 160 valence electrons. The van der Waals surface area contributed by atoms with E-state index in [1.54, 1.807) is 23.2 Å². The Balaban J connectivity index is 1.31. The predicted molar refractivity (Wildman–Crippen MR) is 116 cm³/mol. The molecule has 1 saturated heterocycles. The van der Waals surface area contributed by atoms with Gasteiger partial charge in [0.2, 0.25) is 5.91 Å². The quantitative estimate of drug-likeness (QED) is 0.652. The minimum atomic E-state index is -0.171. The molecule has 3 heterocycles. The fraction of sp³-hybridized carbons (Fsp3) is 0.292.